The molecule has 0 amide bonds. The summed E-state index contributed by atoms with van der Waals surface area (Å²) in [6.45, 7) is 9.49. The van der Waals surface area contributed by atoms with Gasteiger partial charge in [0, 0.05) is 17.1 Å². The molecule has 0 radical (unpaired) electrons. The summed E-state index contributed by atoms with van der Waals surface area (Å²) in [5.74, 6) is 0.960. The molecule has 2 atom stereocenters. The molecular formula is C15H24BrNO. The van der Waals surface area contributed by atoms with Crippen molar-refractivity contribution >= 4 is 15.9 Å². The Kier molecular flexibility index (Phi) is 6.72. The SMILES string of the molecule is CCCC(C)NCC(C)Oc1cc(Br)ccc1C. The van der Waals surface area contributed by atoms with E-state index in [2.05, 4.69) is 55.0 Å². The number of hydrogen-bond donors (Lipinski definition) is 1. The van der Waals surface area contributed by atoms with Crippen LogP contribution in [0.4, 0.5) is 0 Å². The fourth-order valence-corrected chi connectivity index (χ4v) is 2.20. The third kappa shape index (κ3) is 5.40. The van der Waals surface area contributed by atoms with E-state index in [1.807, 2.05) is 12.1 Å². The average Bonchev–Trinajstić information content (AvgIpc) is 2.32. The lowest BCUT2D eigenvalue weighted by molar-refractivity contribution is 0.210. The zero-order chi connectivity index (χ0) is 13.5. The van der Waals surface area contributed by atoms with Gasteiger partial charge >= 0.3 is 0 Å². The zero-order valence-electron chi connectivity index (χ0n) is 11.8. The Morgan fingerprint density at radius 3 is 2.72 bits per heavy atom. The number of aryl methyl sites for hydroxylation is 1. The molecule has 2 unspecified atom stereocenters. The van der Waals surface area contributed by atoms with E-state index in [1.54, 1.807) is 0 Å². The van der Waals surface area contributed by atoms with Crippen LogP contribution in [0.25, 0.3) is 0 Å². The van der Waals surface area contributed by atoms with Crippen molar-refractivity contribution in [3.63, 3.8) is 0 Å². The summed E-state index contributed by atoms with van der Waals surface area (Å²) in [5, 5.41) is 3.50. The molecule has 0 saturated carbocycles. The summed E-state index contributed by atoms with van der Waals surface area (Å²) in [5.41, 5.74) is 1.17. The highest BCUT2D eigenvalue weighted by atomic mass is 79.9. The van der Waals surface area contributed by atoms with E-state index in [9.17, 15) is 0 Å². The topological polar surface area (TPSA) is 21.3 Å². The first-order chi connectivity index (χ1) is 8.52. The number of nitrogens with one attached hydrogen (secondary N) is 1. The van der Waals surface area contributed by atoms with Crippen molar-refractivity contribution in [2.24, 2.45) is 0 Å². The van der Waals surface area contributed by atoms with Gasteiger partial charge in [-0.1, -0.05) is 35.3 Å². The van der Waals surface area contributed by atoms with Crippen molar-refractivity contribution in [3.05, 3.63) is 28.2 Å². The molecule has 0 aliphatic heterocycles. The lowest BCUT2D eigenvalue weighted by Gasteiger charge is -2.20. The number of rotatable bonds is 7. The van der Waals surface area contributed by atoms with E-state index in [0.29, 0.717) is 6.04 Å². The highest BCUT2D eigenvalue weighted by molar-refractivity contribution is 9.10. The molecule has 1 aromatic rings. The van der Waals surface area contributed by atoms with Crippen molar-refractivity contribution in [3.8, 4) is 5.75 Å². The van der Waals surface area contributed by atoms with Crippen molar-refractivity contribution in [1.82, 2.24) is 5.32 Å². The fraction of sp³-hybridized carbons (Fsp3) is 0.600. The summed E-state index contributed by atoms with van der Waals surface area (Å²) in [7, 11) is 0. The van der Waals surface area contributed by atoms with Crippen molar-refractivity contribution < 1.29 is 4.74 Å². The monoisotopic (exact) mass is 313 g/mol. The summed E-state index contributed by atoms with van der Waals surface area (Å²) < 4.78 is 7.02. The highest BCUT2D eigenvalue weighted by Crippen LogP contribution is 2.23. The van der Waals surface area contributed by atoms with Crippen molar-refractivity contribution in [1.29, 1.82) is 0 Å². The predicted octanol–water partition coefficient (Wildman–Crippen LogP) is 4.30. The lowest BCUT2D eigenvalue weighted by Crippen LogP contribution is -2.35. The van der Waals surface area contributed by atoms with Crippen LogP contribution in [0.2, 0.25) is 0 Å². The van der Waals surface area contributed by atoms with Crippen molar-refractivity contribution in [2.75, 3.05) is 6.54 Å². The molecule has 2 nitrogen and oxygen atoms in total. The molecule has 1 N–H and O–H groups in total. The molecule has 3 heteroatoms. The van der Waals surface area contributed by atoms with Gasteiger partial charge in [0.25, 0.3) is 0 Å². The molecule has 0 saturated heterocycles. The largest absolute Gasteiger partial charge is 0.489 e. The standard InChI is InChI=1S/C15H24BrNO/c1-5-6-12(3)17-10-13(4)18-15-9-14(16)8-7-11(15)2/h7-9,12-13,17H,5-6,10H2,1-4H3. The Labute approximate surface area is 119 Å². The van der Waals surface area contributed by atoms with E-state index in [-0.39, 0.29) is 6.10 Å². The smallest absolute Gasteiger partial charge is 0.123 e. The second kappa shape index (κ2) is 7.80. The minimum Gasteiger partial charge on any atom is -0.489 e. The molecule has 0 bridgehead atoms. The van der Waals surface area contributed by atoms with Gasteiger partial charge in [-0.05, 0) is 44.9 Å². The van der Waals surface area contributed by atoms with Gasteiger partial charge in [-0.25, -0.2) is 0 Å². The fourth-order valence-electron chi connectivity index (χ4n) is 1.86. The predicted molar refractivity (Wildman–Crippen MR) is 81.3 cm³/mol. The van der Waals surface area contributed by atoms with Gasteiger partial charge < -0.3 is 10.1 Å². The normalized spacial score (nSPS) is 14.3. The summed E-state index contributed by atoms with van der Waals surface area (Å²) in [6, 6.07) is 6.69. The second-order valence-corrected chi connectivity index (χ2v) is 5.85. The van der Waals surface area contributed by atoms with Gasteiger partial charge in [0.1, 0.15) is 11.9 Å². The second-order valence-electron chi connectivity index (χ2n) is 4.94. The van der Waals surface area contributed by atoms with E-state index < -0.39 is 0 Å². The van der Waals surface area contributed by atoms with Crippen LogP contribution < -0.4 is 10.1 Å². The maximum atomic E-state index is 5.96. The minimum absolute atomic E-state index is 0.178. The van der Waals surface area contributed by atoms with E-state index in [0.717, 1.165) is 16.8 Å². The Hall–Kier alpha value is -0.540. The molecule has 102 valence electrons. The number of halogens is 1. The van der Waals surface area contributed by atoms with Gasteiger partial charge in [0.2, 0.25) is 0 Å². The first kappa shape index (κ1) is 15.5. The Morgan fingerprint density at radius 1 is 1.33 bits per heavy atom. The van der Waals surface area contributed by atoms with Crippen LogP contribution in [0.1, 0.15) is 39.2 Å². The van der Waals surface area contributed by atoms with Crippen LogP contribution in [0.5, 0.6) is 5.75 Å². The first-order valence-electron chi connectivity index (χ1n) is 6.69. The van der Waals surface area contributed by atoms with E-state index in [1.165, 1.54) is 18.4 Å². The van der Waals surface area contributed by atoms with Crippen LogP contribution in [0.3, 0.4) is 0 Å². The third-order valence-corrected chi connectivity index (χ3v) is 3.45. The Morgan fingerprint density at radius 2 is 2.06 bits per heavy atom. The maximum absolute atomic E-state index is 5.96. The number of ether oxygens (including phenoxy) is 1. The van der Waals surface area contributed by atoms with Crippen LogP contribution in [0, 0.1) is 6.92 Å². The molecule has 1 rings (SSSR count). The first-order valence-corrected chi connectivity index (χ1v) is 7.48. The summed E-state index contributed by atoms with van der Waals surface area (Å²) in [6.07, 6.45) is 2.61. The molecule has 0 fully saturated rings. The van der Waals surface area contributed by atoms with Crippen LogP contribution in [-0.4, -0.2) is 18.7 Å². The Bertz CT molecular complexity index is 368. The summed E-state index contributed by atoms with van der Waals surface area (Å²) in [4.78, 5) is 0. The quantitative estimate of drug-likeness (QED) is 0.810. The lowest BCUT2D eigenvalue weighted by atomic mass is 10.2. The molecule has 0 aromatic heterocycles. The van der Waals surface area contributed by atoms with E-state index in [4.69, 9.17) is 4.74 Å². The zero-order valence-corrected chi connectivity index (χ0v) is 13.4. The molecule has 0 aliphatic rings. The number of benzene rings is 1. The van der Waals surface area contributed by atoms with Crippen LogP contribution in [-0.2, 0) is 0 Å². The molecule has 1 aromatic carbocycles. The van der Waals surface area contributed by atoms with Gasteiger partial charge in [-0.3, -0.25) is 0 Å². The summed E-state index contributed by atoms with van der Waals surface area (Å²) >= 11 is 3.47. The molecule has 0 aliphatic carbocycles. The van der Waals surface area contributed by atoms with Crippen LogP contribution >= 0.6 is 15.9 Å². The Balaban J connectivity index is 2.44. The van der Waals surface area contributed by atoms with Gasteiger partial charge in [-0.2, -0.15) is 0 Å². The molecule has 0 heterocycles. The van der Waals surface area contributed by atoms with Crippen LogP contribution in [0.15, 0.2) is 22.7 Å². The third-order valence-electron chi connectivity index (χ3n) is 2.95. The molecular weight excluding hydrogens is 290 g/mol. The molecule has 18 heavy (non-hydrogen) atoms. The highest BCUT2D eigenvalue weighted by Gasteiger charge is 2.08. The average molecular weight is 314 g/mol. The molecule has 0 spiro atoms. The van der Waals surface area contributed by atoms with Gasteiger partial charge in [0.05, 0.1) is 0 Å². The minimum atomic E-state index is 0.178. The van der Waals surface area contributed by atoms with Crippen molar-refractivity contribution in [2.45, 2.75) is 52.7 Å². The van der Waals surface area contributed by atoms with E-state index >= 15 is 0 Å². The van der Waals surface area contributed by atoms with Gasteiger partial charge in [-0.15, -0.1) is 0 Å². The van der Waals surface area contributed by atoms with Gasteiger partial charge in [0.15, 0.2) is 0 Å². The maximum Gasteiger partial charge on any atom is 0.123 e. The number of hydrogen-bond acceptors (Lipinski definition) is 2.